The number of nitrogens with one attached hydrogen (secondary N) is 2. The minimum atomic E-state index is -0.506. The monoisotopic (exact) mass is 323 g/mol. The first-order chi connectivity index (χ1) is 9.10. The Morgan fingerprint density at radius 3 is 2.74 bits per heavy atom. The van der Waals surface area contributed by atoms with Crippen LogP contribution in [0.4, 0.5) is 23.0 Å². The highest BCUT2D eigenvalue weighted by molar-refractivity contribution is 9.10. The molecule has 0 saturated carbocycles. The Morgan fingerprint density at radius 1 is 1.32 bits per heavy atom. The normalized spacial score (nSPS) is 10.0. The van der Waals surface area contributed by atoms with Crippen LogP contribution >= 0.6 is 15.9 Å². The largest absolute Gasteiger partial charge is 0.334 e. The molecule has 1 aromatic carbocycles. The van der Waals surface area contributed by atoms with Crippen molar-refractivity contribution in [2.45, 2.75) is 0 Å². The summed E-state index contributed by atoms with van der Waals surface area (Å²) in [5.74, 6) is 5.70. The lowest BCUT2D eigenvalue weighted by molar-refractivity contribution is -0.384. The van der Waals surface area contributed by atoms with E-state index in [1.165, 1.54) is 12.1 Å². The maximum absolute atomic E-state index is 10.9. The summed E-state index contributed by atoms with van der Waals surface area (Å²) >= 11 is 3.32. The topological polar surface area (TPSA) is 106 Å². The summed E-state index contributed by atoms with van der Waals surface area (Å²) < 4.78 is 0.855. The second-order valence-corrected chi connectivity index (χ2v) is 4.52. The zero-order valence-electron chi connectivity index (χ0n) is 9.63. The van der Waals surface area contributed by atoms with Crippen LogP contribution in [0, 0.1) is 10.1 Å². The molecule has 1 heterocycles. The summed E-state index contributed by atoms with van der Waals surface area (Å²) in [7, 11) is 0. The number of nitro groups is 1. The zero-order valence-corrected chi connectivity index (χ0v) is 11.2. The third-order valence-corrected chi connectivity index (χ3v) is 2.80. The second-order valence-electron chi connectivity index (χ2n) is 3.60. The number of hydrazine groups is 1. The molecule has 0 unspecified atom stereocenters. The van der Waals surface area contributed by atoms with Gasteiger partial charge in [0.05, 0.1) is 4.92 Å². The molecule has 0 radical (unpaired) electrons. The molecule has 19 heavy (non-hydrogen) atoms. The first kappa shape index (κ1) is 13.2. The minimum Gasteiger partial charge on any atom is -0.334 e. The molecule has 0 aliphatic rings. The van der Waals surface area contributed by atoms with Gasteiger partial charge in [0, 0.05) is 16.2 Å². The maximum Gasteiger partial charge on any atom is 0.311 e. The molecule has 0 amide bonds. The molecule has 0 spiro atoms. The summed E-state index contributed by atoms with van der Waals surface area (Å²) in [6, 6.07) is 9.99. The van der Waals surface area contributed by atoms with Crippen molar-refractivity contribution < 1.29 is 4.92 Å². The number of nitrogen functional groups attached to an aromatic ring is 1. The lowest BCUT2D eigenvalue weighted by atomic mass is 10.3. The molecule has 0 saturated heterocycles. The van der Waals surface area contributed by atoms with E-state index in [0.717, 1.165) is 4.47 Å². The van der Waals surface area contributed by atoms with E-state index in [1.54, 1.807) is 12.1 Å². The van der Waals surface area contributed by atoms with Gasteiger partial charge in [-0.1, -0.05) is 22.0 Å². The summed E-state index contributed by atoms with van der Waals surface area (Å²) in [5, 5.41) is 13.8. The highest BCUT2D eigenvalue weighted by Gasteiger charge is 2.16. The fourth-order valence-corrected chi connectivity index (χ4v) is 1.87. The van der Waals surface area contributed by atoms with Crippen molar-refractivity contribution in [2.75, 3.05) is 10.7 Å². The van der Waals surface area contributed by atoms with E-state index in [-0.39, 0.29) is 11.5 Å². The zero-order chi connectivity index (χ0) is 13.8. The molecule has 0 aliphatic carbocycles. The lowest BCUT2D eigenvalue weighted by Crippen LogP contribution is -2.10. The van der Waals surface area contributed by atoms with Gasteiger partial charge in [0.1, 0.15) is 5.82 Å². The van der Waals surface area contributed by atoms with E-state index in [4.69, 9.17) is 5.84 Å². The molecular weight excluding hydrogens is 314 g/mol. The van der Waals surface area contributed by atoms with Crippen molar-refractivity contribution in [2.24, 2.45) is 5.84 Å². The predicted molar refractivity (Wildman–Crippen MR) is 76.1 cm³/mol. The molecule has 98 valence electrons. The number of aromatic nitrogens is 1. The van der Waals surface area contributed by atoms with E-state index in [9.17, 15) is 10.1 Å². The smallest absolute Gasteiger partial charge is 0.311 e. The molecule has 2 rings (SSSR count). The Labute approximate surface area is 117 Å². The molecule has 8 heteroatoms. The van der Waals surface area contributed by atoms with Crippen molar-refractivity contribution >= 4 is 38.9 Å². The van der Waals surface area contributed by atoms with Crippen LogP contribution in [0.25, 0.3) is 0 Å². The van der Waals surface area contributed by atoms with Gasteiger partial charge in [0.25, 0.3) is 0 Å². The number of rotatable bonds is 4. The van der Waals surface area contributed by atoms with Crippen molar-refractivity contribution in [1.29, 1.82) is 0 Å². The summed E-state index contributed by atoms with van der Waals surface area (Å²) in [6.07, 6.45) is 0. The van der Waals surface area contributed by atoms with Crippen molar-refractivity contribution in [3.63, 3.8) is 0 Å². The predicted octanol–water partition coefficient (Wildman–Crippen LogP) is 2.78. The molecular formula is C11H10BrN5O2. The van der Waals surface area contributed by atoms with Crippen LogP contribution in [0.15, 0.2) is 40.9 Å². The van der Waals surface area contributed by atoms with Gasteiger partial charge in [0.15, 0.2) is 0 Å². The number of nitrogens with two attached hydrogens (primary N) is 1. The highest BCUT2D eigenvalue weighted by atomic mass is 79.9. The fourth-order valence-electron chi connectivity index (χ4n) is 1.47. The maximum atomic E-state index is 10.9. The Balaban J connectivity index is 2.39. The highest BCUT2D eigenvalue weighted by Crippen LogP contribution is 2.27. The molecule has 4 N–H and O–H groups in total. The number of nitrogens with zero attached hydrogens (tertiary/aromatic N) is 2. The first-order valence-corrected chi connectivity index (χ1v) is 6.04. The average Bonchev–Trinajstić information content (AvgIpc) is 2.38. The number of hydrogen-bond donors (Lipinski definition) is 3. The van der Waals surface area contributed by atoms with Crippen molar-refractivity contribution in [1.82, 2.24) is 4.98 Å². The molecule has 0 fully saturated rings. The average molecular weight is 324 g/mol. The fraction of sp³-hybridized carbons (Fsp3) is 0. The van der Waals surface area contributed by atoms with E-state index < -0.39 is 4.92 Å². The van der Waals surface area contributed by atoms with E-state index in [0.29, 0.717) is 11.5 Å². The van der Waals surface area contributed by atoms with E-state index in [1.807, 2.05) is 12.1 Å². The lowest BCUT2D eigenvalue weighted by Gasteiger charge is -2.08. The quantitative estimate of drug-likeness (QED) is 0.454. The third kappa shape index (κ3) is 3.18. The number of halogens is 1. The van der Waals surface area contributed by atoms with Crippen LogP contribution in [-0.4, -0.2) is 9.91 Å². The Kier molecular flexibility index (Phi) is 3.93. The SMILES string of the molecule is NNc1ccc([N+](=O)[O-])c(Nc2cccc(Br)c2)n1. The van der Waals surface area contributed by atoms with Crippen LogP contribution < -0.4 is 16.6 Å². The van der Waals surface area contributed by atoms with Crippen LogP contribution in [0.3, 0.4) is 0 Å². The van der Waals surface area contributed by atoms with Crippen LogP contribution in [0.2, 0.25) is 0 Å². The Bertz CT molecular complexity index is 620. The number of pyridine rings is 1. The first-order valence-electron chi connectivity index (χ1n) is 5.25. The van der Waals surface area contributed by atoms with Gasteiger partial charge in [-0.2, -0.15) is 0 Å². The van der Waals surface area contributed by atoms with Gasteiger partial charge in [0.2, 0.25) is 5.82 Å². The van der Waals surface area contributed by atoms with Crippen LogP contribution in [0.5, 0.6) is 0 Å². The van der Waals surface area contributed by atoms with E-state index in [2.05, 4.69) is 31.7 Å². The van der Waals surface area contributed by atoms with Crippen LogP contribution in [0.1, 0.15) is 0 Å². The Morgan fingerprint density at radius 2 is 2.11 bits per heavy atom. The Hall–Kier alpha value is -2.19. The number of anilines is 3. The standard InChI is InChI=1S/C11H10BrN5O2/c12-7-2-1-3-8(6-7)14-11-9(17(18)19)4-5-10(15-11)16-13/h1-6H,13H2,(H2,14,15,16). The number of hydrogen-bond acceptors (Lipinski definition) is 6. The molecule has 0 aliphatic heterocycles. The molecule has 0 atom stereocenters. The van der Waals surface area contributed by atoms with Gasteiger partial charge in [-0.25, -0.2) is 10.8 Å². The molecule has 7 nitrogen and oxygen atoms in total. The molecule has 2 aromatic rings. The van der Waals surface area contributed by atoms with Crippen LogP contribution in [-0.2, 0) is 0 Å². The van der Waals surface area contributed by atoms with Gasteiger partial charge < -0.3 is 10.7 Å². The third-order valence-electron chi connectivity index (χ3n) is 2.31. The number of benzene rings is 1. The van der Waals surface area contributed by atoms with E-state index >= 15 is 0 Å². The van der Waals surface area contributed by atoms with Crippen molar-refractivity contribution in [3.05, 3.63) is 51.0 Å². The minimum absolute atomic E-state index is 0.124. The summed E-state index contributed by atoms with van der Waals surface area (Å²) in [5.41, 5.74) is 2.90. The molecule has 0 bridgehead atoms. The van der Waals surface area contributed by atoms with Gasteiger partial charge >= 0.3 is 5.69 Å². The van der Waals surface area contributed by atoms with Gasteiger partial charge in [-0.05, 0) is 24.3 Å². The summed E-state index contributed by atoms with van der Waals surface area (Å²) in [6.45, 7) is 0. The van der Waals surface area contributed by atoms with Gasteiger partial charge in [-0.15, -0.1) is 0 Å². The second kappa shape index (κ2) is 5.63. The van der Waals surface area contributed by atoms with Crippen molar-refractivity contribution in [3.8, 4) is 0 Å². The van der Waals surface area contributed by atoms with Gasteiger partial charge in [-0.3, -0.25) is 10.1 Å². The summed E-state index contributed by atoms with van der Waals surface area (Å²) in [4.78, 5) is 14.5. The molecule has 1 aromatic heterocycles.